The van der Waals surface area contributed by atoms with E-state index in [0.717, 1.165) is 154 Å². The van der Waals surface area contributed by atoms with E-state index in [1.54, 1.807) is 0 Å². The van der Waals surface area contributed by atoms with E-state index in [9.17, 15) is 43.5 Å². The third-order valence-corrected chi connectivity index (χ3v) is 23.1. The summed E-state index contributed by atoms with van der Waals surface area (Å²) in [6.45, 7) is 2.48. The lowest BCUT2D eigenvalue weighted by molar-refractivity contribution is -0.161. The number of phosphoric ester groups is 2. The molecular weight excluding hydrogens is 1580 g/mol. The Morgan fingerprint density at radius 1 is 0.236 bits per heavy atom. The molecule has 0 aromatic carbocycles. The monoisotopic (exact) mass is 1760 g/mol. The molecule has 16 nitrogen and oxygen atoms in total. The standard InChI is InChI=1S/C105H182O16P2/c1-4-7-10-13-16-19-22-25-28-31-34-36-38-40-42-44-46-48-49-51-53-54-56-58-60-62-65-67-70-73-76-79-82-85-88-91-103(108)115-94-100(106)95-117-122(111,112)118-96-101(107)97-119-123(113,114)120-99-102(121-105(110)93-90-87-84-81-78-75-72-69-64-33-30-27-24-21-18-15-12-9-6-3)98-116-104(109)92-89-86-83-80-77-74-71-68-66-63-61-59-57-55-52-50-47-45-43-41-39-37-35-32-29-26-23-20-17-14-11-8-5-2/h7,9-10,12,16-21,25-30,34-37,40-43,64,69,100-102,106-107H,4-6,8,11,13-15,22-24,31-33,38-39,44-63,65-68,70-99H2,1-3H3,(H,111,112)(H,113,114)/b10-7-,12-9-,19-16-,20-17-,21-18-,28-25-,29-26-,30-27-,36-34-,37-35-,42-40-,43-41-,69-64-. The Kier molecular flexibility index (Phi) is 92.5. The maximum atomic E-state index is 13.1. The Labute approximate surface area is 752 Å². The molecule has 0 rings (SSSR count). The summed E-state index contributed by atoms with van der Waals surface area (Å²) in [6.07, 6.45) is 125. The summed E-state index contributed by atoms with van der Waals surface area (Å²) in [5, 5.41) is 20.8. The van der Waals surface area contributed by atoms with Gasteiger partial charge in [0.15, 0.2) is 6.10 Å². The highest BCUT2D eigenvalue weighted by Gasteiger charge is 2.30. The van der Waals surface area contributed by atoms with Crippen molar-refractivity contribution in [3.8, 4) is 0 Å². The van der Waals surface area contributed by atoms with Crippen molar-refractivity contribution in [1.29, 1.82) is 0 Å². The maximum Gasteiger partial charge on any atom is 0.472 e. The van der Waals surface area contributed by atoms with Crippen LogP contribution in [0.3, 0.4) is 0 Å². The van der Waals surface area contributed by atoms with Crippen LogP contribution in [0.15, 0.2) is 158 Å². The zero-order valence-electron chi connectivity index (χ0n) is 78.3. The summed E-state index contributed by atoms with van der Waals surface area (Å²) in [5.41, 5.74) is 0. The zero-order chi connectivity index (χ0) is 89.3. The molecule has 0 spiro atoms. The predicted molar refractivity (Wildman–Crippen MR) is 519 cm³/mol. The van der Waals surface area contributed by atoms with Crippen LogP contribution >= 0.6 is 15.6 Å². The number of hydrogen-bond acceptors (Lipinski definition) is 14. The maximum absolute atomic E-state index is 13.1. The smallest absolute Gasteiger partial charge is 0.463 e. The molecule has 0 amide bonds. The van der Waals surface area contributed by atoms with Gasteiger partial charge in [-0.2, -0.15) is 0 Å². The second-order valence-corrected chi connectivity index (χ2v) is 36.1. The van der Waals surface area contributed by atoms with E-state index in [2.05, 4.69) is 179 Å². The van der Waals surface area contributed by atoms with Crippen LogP contribution in [0.5, 0.6) is 0 Å². The van der Waals surface area contributed by atoms with Gasteiger partial charge in [-0.1, -0.05) is 423 Å². The molecule has 708 valence electrons. The van der Waals surface area contributed by atoms with Crippen molar-refractivity contribution >= 4 is 33.6 Å². The largest absolute Gasteiger partial charge is 0.472 e. The number of hydrogen-bond donors (Lipinski definition) is 4. The van der Waals surface area contributed by atoms with E-state index in [4.69, 9.17) is 32.3 Å². The topological polar surface area (TPSA) is 231 Å². The van der Waals surface area contributed by atoms with Gasteiger partial charge in [-0.25, -0.2) is 9.13 Å². The average Bonchev–Trinajstić information content (AvgIpc) is 0.899. The lowest BCUT2D eigenvalue weighted by atomic mass is 10.0. The average molecular weight is 1760 g/mol. The first kappa shape index (κ1) is 118. The van der Waals surface area contributed by atoms with E-state index in [1.807, 2.05) is 0 Å². The predicted octanol–water partition coefficient (Wildman–Crippen LogP) is 31.2. The van der Waals surface area contributed by atoms with E-state index in [-0.39, 0.29) is 19.3 Å². The van der Waals surface area contributed by atoms with Crippen LogP contribution in [0.2, 0.25) is 0 Å². The number of ether oxygens (including phenoxy) is 3. The van der Waals surface area contributed by atoms with Gasteiger partial charge in [-0.3, -0.25) is 32.5 Å². The first-order chi connectivity index (χ1) is 60.2. The van der Waals surface area contributed by atoms with Crippen LogP contribution in [0.25, 0.3) is 0 Å². The molecule has 0 fully saturated rings. The van der Waals surface area contributed by atoms with Crippen LogP contribution < -0.4 is 0 Å². The minimum atomic E-state index is -4.95. The third-order valence-electron chi connectivity index (χ3n) is 21.2. The van der Waals surface area contributed by atoms with Gasteiger partial charge in [0.25, 0.3) is 0 Å². The SMILES string of the molecule is CC/C=C\C/C=C\C/C=C\C/C=C\C/C=C\CCCCCCCCCCCCCCCCCCCCCC(=O)OCC(O)COP(=O)(O)OCC(O)COP(=O)(O)OCC(COC(=O)CCCCCCCCCCCCCCCCCCC/C=C\C/C=C\C/C=C\C/C=C\CCCCC)OC(=O)CCCCCCCC/C=C\C/C=C\C/C=C\C/C=C\CC. The molecule has 0 radical (unpaired) electrons. The minimum Gasteiger partial charge on any atom is -0.463 e. The van der Waals surface area contributed by atoms with Crippen LogP contribution in [0, 0.1) is 0 Å². The fraction of sp³-hybridized carbons (Fsp3) is 0.724. The fourth-order valence-electron chi connectivity index (χ4n) is 13.8. The Morgan fingerprint density at radius 2 is 0.431 bits per heavy atom. The molecule has 0 heterocycles. The highest BCUT2D eigenvalue weighted by Crippen LogP contribution is 2.45. The number of carbonyl (C=O) groups is 3. The van der Waals surface area contributed by atoms with Crippen LogP contribution in [0.1, 0.15) is 432 Å². The number of phosphoric acid groups is 2. The molecule has 0 aliphatic carbocycles. The van der Waals surface area contributed by atoms with Gasteiger partial charge in [0.05, 0.1) is 26.4 Å². The molecule has 0 saturated heterocycles. The summed E-state index contributed by atoms with van der Waals surface area (Å²) in [4.78, 5) is 59.1. The molecule has 4 N–H and O–H groups in total. The van der Waals surface area contributed by atoms with Gasteiger partial charge in [0.2, 0.25) is 0 Å². The Bertz CT molecular complexity index is 2870. The summed E-state index contributed by atoms with van der Waals surface area (Å²) >= 11 is 0. The number of unbranched alkanes of at least 4 members (excludes halogenated alkanes) is 45. The first-order valence-electron chi connectivity index (χ1n) is 49.8. The van der Waals surface area contributed by atoms with Gasteiger partial charge in [0.1, 0.15) is 25.4 Å². The van der Waals surface area contributed by atoms with Crippen molar-refractivity contribution in [2.45, 2.75) is 450 Å². The molecule has 0 aliphatic rings. The highest BCUT2D eigenvalue weighted by molar-refractivity contribution is 7.47. The molecule has 0 aromatic heterocycles. The molecule has 0 aromatic rings. The third kappa shape index (κ3) is 97.6. The number of carbonyl (C=O) groups excluding carboxylic acids is 3. The van der Waals surface area contributed by atoms with Gasteiger partial charge in [-0.05, 0) is 148 Å². The van der Waals surface area contributed by atoms with E-state index in [0.29, 0.717) is 19.3 Å². The van der Waals surface area contributed by atoms with Crippen molar-refractivity contribution in [2.24, 2.45) is 0 Å². The number of aliphatic hydroxyl groups excluding tert-OH is 2. The lowest BCUT2D eigenvalue weighted by Crippen LogP contribution is -2.30. The Balaban J connectivity index is 4.48. The molecule has 0 aliphatic heterocycles. The molecule has 18 heteroatoms. The molecule has 0 saturated carbocycles. The van der Waals surface area contributed by atoms with Crippen molar-refractivity contribution in [3.63, 3.8) is 0 Å². The lowest BCUT2D eigenvalue weighted by Gasteiger charge is -2.21. The van der Waals surface area contributed by atoms with Crippen molar-refractivity contribution in [1.82, 2.24) is 0 Å². The molecule has 0 bridgehead atoms. The van der Waals surface area contributed by atoms with Crippen LogP contribution in [-0.2, 0) is 55.8 Å². The normalized spacial score (nSPS) is 14.4. The summed E-state index contributed by atoms with van der Waals surface area (Å²) in [5.74, 6) is -1.57. The van der Waals surface area contributed by atoms with Crippen molar-refractivity contribution < 1.29 is 75.8 Å². The summed E-state index contributed by atoms with van der Waals surface area (Å²) in [6, 6.07) is 0. The van der Waals surface area contributed by atoms with E-state index < -0.39 is 91.5 Å². The van der Waals surface area contributed by atoms with Crippen LogP contribution in [0.4, 0.5) is 0 Å². The molecule has 5 unspecified atom stereocenters. The van der Waals surface area contributed by atoms with E-state index in [1.165, 1.54) is 218 Å². The molecule has 5 atom stereocenters. The number of aliphatic hydroxyl groups is 2. The molecule has 123 heavy (non-hydrogen) atoms. The van der Waals surface area contributed by atoms with Crippen LogP contribution in [-0.4, -0.2) is 95.9 Å². The fourth-order valence-corrected chi connectivity index (χ4v) is 15.3. The van der Waals surface area contributed by atoms with Gasteiger partial charge < -0.3 is 34.2 Å². The number of allylic oxidation sites excluding steroid dienone is 26. The summed E-state index contributed by atoms with van der Waals surface area (Å²) < 4.78 is 61.6. The number of esters is 3. The Hall–Kier alpha value is -4.83. The van der Waals surface area contributed by atoms with Crippen molar-refractivity contribution in [3.05, 3.63) is 158 Å². The quantitative estimate of drug-likeness (QED) is 0.0146. The Morgan fingerprint density at radius 3 is 0.683 bits per heavy atom. The summed E-state index contributed by atoms with van der Waals surface area (Å²) in [7, 11) is -9.81. The van der Waals surface area contributed by atoms with Gasteiger partial charge in [-0.15, -0.1) is 0 Å². The second kappa shape index (κ2) is 96.3. The van der Waals surface area contributed by atoms with Gasteiger partial charge in [0, 0.05) is 19.3 Å². The second-order valence-electron chi connectivity index (χ2n) is 33.2. The first-order valence-corrected chi connectivity index (χ1v) is 52.8. The zero-order valence-corrected chi connectivity index (χ0v) is 80.1. The van der Waals surface area contributed by atoms with Crippen molar-refractivity contribution in [2.75, 3.05) is 39.6 Å². The molecular formula is C105H182O16P2. The highest BCUT2D eigenvalue weighted by atomic mass is 31.2. The number of rotatable bonds is 94. The van der Waals surface area contributed by atoms with E-state index >= 15 is 0 Å². The van der Waals surface area contributed by atoms with Gasteiger partial charge >= 0.3 is 33.6 Å². The minimum absolute atomic E-state index is 0.0872.